The van der Waals surface area contributed by atoms with Crippen LogP contribution in [0.3, 0.4) is 0 Å². The molecule has 1 fully saturated rings. The SMILES string of the molecule is COc1cc2c(Oc3ccc4c(c3)CCCN4)ncnc2cc1OCCCN1CCOCC1. The molecule has 33 heavy (non-hydrogen) atoms. The number of nitrogens with zero attached hydrogens (tertiary/aromatic N) is 3. The van der Waals surface area contributed by atoms with Crippen LogP contribution >= 0.6 is 0 Å². The van der Waals surface area contributed by atoms with E-state index in [0.29, 0.717) is 24.0 Å². The molecular formula is C25H30N4O4. The van der Waals surface area contributed by atoms with Gasteiger partial charge in [-0.25, -0.2) is 9.97 Å². The molecule has 0 aliphatic carbocycles. The number of fused-ring (bicyclic) bond motifs is 2. The molecule has 3 heterocycles. The van der Waals surface area contributed by atoms with Crippen molar-refractivity contribution in [2.75, 3.05) is 58.4 Å². The first-order valence-electron chi connectivity index (χ1n) is 11.6. The summed E-state index contributed by atoms with van der Waals surface area (Å²) in [5.74, 6) is 2.58. The highest BCUT2D eigenvalue weighted by atomic mass is 16.5. The zero-order chi connectivity index (χ0) is 22.5. The number of rotatable bonds is 8. The van der Waals surface area contributed by atoms with E-state index in [2.05, 4.69) is 32.3 Å². The van der Waals surface area contributed by atoms with Gasteiger partial charge in [-0.1, -0.05) is 0 Å². The second-order valence-electron chi connectivity index (χ2n) is 8.31. The fourth-order valence-corrected chi connectivity index (χ4v) is 4.32. The molecule has 0 spiro atoms. The summed E-state index contributed by atoms with van der Waals surface area (Å²) in [4.78, 5) is 11.2. The first-order valence-corrected chi connectivity index (χ1v) is 11.6. The highest BCUT2D eigenvalue weighted by molar-refractivity contribution is 5.87. The number of hydrogen-bond acceptors (Lipinski definition) is 8. The van der Waals surface area contributed by atoms with Gasteiger partial charge in [0.05, 0.1) is 37.8 Å². The monoisotopic (exact) mass is 450 g/mol. The lowest BCUT2D eigenvalue weighted by Gasteiger charge is -2.26. The maximum Gasteiger partial charge on any atom is 0.230 e. The topological polar surface area (TPSA) is 78.0 Å². The predicted molar refractivity (Wildman–Crippen MR) is 127 cm³/mol. The van der Waals surface area contributed by atoms with Crippen molar-refractivity contribution in [3.63, 3.8) is 0 Å². The second-order valence-corrected chi connectivity index (χ2v) is 8.31. The van der Waals surface area contributed by atoms with Crippen molar-refractivity contribution in [2.45, 2.75) is 19.3 Å². The number of morpholine rings is 1. The van der Waals surface area contributed by atoms with E-state index in [1.54, 1.807) is 7.11 Å². The first-order chi connectivity index (χ1) is 16.3. The molecule has 8 nitrogen and oxygen atoms in total. The van der Waals surface area contributed by atoms with Gasteiger partial charge in [0.25, 0.3) is 0 Å². The molecule has 0 atom stereocenters. The van der Waals surface area contributed by atoms with E-state index in [0.717, 1.165) is 75.3 Å². The Kier molecular flexibility index (Phi) is 6.73. The van der Waals surface area contributed by atoms with Crippen LogP contribution in [0.25, 0.3) is 10.9 Å². The fraction of sp³-hybridized carbons (Fsp3) is 0.440. The molecule has 2 aliphatic rings. The molecule has 1 N–H and O–H groups in total. The number of methoxy groups -OCH3 is 1. The minimum Gasteiger partial charge on any atom is -0.493 e. The third kappa shape index (κ3) is 5.12. The molecule has 0 unspecified atom stereocenters. The maximum absolute atomic E-state index is 6.17. The van der Waals surface area contributed by atoms with Crippen LogP contribution in [0, 0.1) is 0 Å². The van der Waals surface area contributed by atoms with Gasteiger partial charge in [0.2, 0.25) is 5.88 Å². The van der Waals surface area contributed by atoms with E-state index in [1.165, 1.54) is 17.6 Å². The fourth-order valence-electron chi connectivity index (χ4n) is 4.32. The normalized spacial score (nSPS) is 16.2. The van der Waals surface area contributed by atoms with Gasteiger partial charge in [-0.05, 0) is 49.1 Å². The molecule has 0 amide bonds. The summed E-state index contributed by atoms with van der Waals surface area (Å²) in [5, 5.41) is 4.21. The molecule has 1 aromatic heterocycles. The molecule has 3 aromatic rings. The second kappa shape index (κ2) is 10.2. The van der Waals surface area contributed by atoms with Crippen LogP contribution in [0.1, 0.15) is 18.4 Å². The van der Waals surface area contributed by atoms with E-state index in [1.807, 2.05) is 18.2 Å². The average molecular weight is 451 g/mol. The Hall–Kier alpha value is -3.10. The van der Waals surface area contributed by atoms with Gasteiger partial charge in [-0.2, -0.15) is 0 Å². The van der Waals surface area contributed by atoms with E-state index >= 15 is 0 Å². The molecule has 5 rings (SSSR count). The summed E-state index contributed by atoms with van der Waals surface area (Å²) in [6, 6.07) is 9.90. The zero-order valence-electron chi connectivity index (χ0n) is 19.0. The third-order valence-electron chi connectivity index (χ3n) is 6.09. The van der Waals surface area contributed by atoms with E-state index in [4.69, 9.17) is 18.9 Å². The quantitative estimate of drug-likeness (QED) is 0.518. The summed E-state index contributed by atoms with van der Waals surface area (Å²) in [6.45, 7) is 6.21. The summed E-state index contributed by atoms with van der Waals surface area (Å²) in [5.41, 5.74) is 3.20. The first kappa shape index (κ1) is 21.7. The Bertz CT molecular complexity index is 1100. The van der Waals surface area contributed by atoms with Gasteiger partial charge in [0.1, 0.15) is 12.1 Å². The average Bonchev–Trinajstić information content (AvgIpc) is 2.87. The smallest absolute Gasteiger partial charge is 0.230 e. The summed E-state index contributed by atoms with van der Waals surface area (Å²) in [7, 11) is 1.64. The van der Waals surface area contributed by atoms with Crippen molar-refractivity contribution in [2.24, 2.45) is 0 Å². The minimum absolute atomic E-state index is 0.501. The van der Waals surface area contributed by atoms with Crippen molar-refractivity contribution in [3.8, 4) is 23.1 Å². The molecule has 8 heteroatoms. The maximum atomic E-state index is 6.17. The number of ether oxygens (including phenoxy) is 4. The van der Waals surface area contributed by atoms with Gasteiger partial charge in [-0.15, -0.1) is 0 Å². The van der Waals surface area contributed by atoms with Crippen molar-refractivity contribution >= 4 is 16.6 Å². The van der Waals surface area contributed by atoms with Crippen molar-refractivity contribution < 1.29 is 18.9 Å². The number of aryl methyl sites for hydroxylation is 1. The van der Waals surface area contributed by atoms with Crippen molar-refractivity contribution in [3.05, 3.63) is 42.2 Å². The summed E-state index contributed by atoms with van der Waals surface area (Å²) in [6.07, 6.45) is 4.63. The van der Waals surface area contributed by atoms with Gasteiger partial charge in [0.15, 0.2) is 11.5 Å². The van der Waals surface area contributed by atoms with Gasteiger partial charge in [0, 0.05) is 37.9 Å². The Balaban J connectivity index is 1.30. The van der Waals surface area contributed by atoms with Crippen molar-refractivity contribution in [1.82, 2.24) is 14.9 Å². The molecular weight excluding hydrogens is 420 g/mol. The lowest BCUT2D eigenvalue weighted by atomic mass is 10.0. The molecule has 0 bridgehead atoms. The van der Waals surface area contributed by atoms with Crippen LogP contribution in [0.4, 0.5) is 5.69 Å². The van der Waals surface area contributed by atoms with Gasteiger partial charge >= 0.3 is 0 Å². The van der Waals surface area contributed by atoms with E-state index in [-0.39, 0.29) is 0 Å². The number of hydrogen-bond donors (Lipinski definition) is 1. The van der Waals surface area contributed by atoms with Gasteiger partial charge in [-0.3, -0.25) is 4.90 Å². The van der Waals surface area contributed by atoms with Crippen LogP contribution in [-0.2, 0) is 11.2 Å². The van der Waals surface area contributed by atoms with Gasteiger partial charge < -0.3 is 24.3 Å². The molecule has 0 radical (unpaired) electrons. The molecule has 2 aromatic carbocycles. The highest BCUT2D eigenvalue weighted by Gasteiger charge is 2.15. The Morgan fingerprint density at radius 3 is 2.88 bits per heavy atom. The number of benzene rings is 2. The Morgan fingerprint density at radius 1 is 1.09 bits per heavy atom. The third-order valence-corrected chi connectivity index (χ3v) is 6.09. The standard InChI is InChI=1S/C25H30N4O4/c1-30-23-15-20-22(16-24(23)32-11-3-8-29-9-12-31-13-10-29)27-17-28-25(20)33-19-5-6-21-18(14-19)4-2-7-26-21/h5-6,14-17,26H,2-4,7-13H2,1H3. The van der Waals surface area contributed by atoms with E-state index < -0.39 is 0 Å². The zero-order valence-corrected chi connectivity index (χ0v) is 19.0. The number of nitrogens with one attached hydrogen (secondary N) is 1. The summed E-state index contributed by atoms with van der Waals surface area (Å²) < 4.78 is 23.2. The van der Waals surface area contributed by atoms with Crippen LogP contribution in [0.5, 0.6) is 23.1 Å². The lowest BCUT2D eigenvalue weighted by Crippen LogP contribution is -2.37. The van der Waals surface area contributed by atoms with Crippen LogP contribution in [0.15, 0.2) is 36.7 Å². The Morgan fingerprint density at radius 2 is 2.00 bits per heavy atom. The Labute approximate surface area is 193 Å². The predicted octanol–water partition coefficient (Wildman–Crippen LogP) is 3.89. The van der Waals surface area contributed by atoms with E-state index in [9.17, 15) is 0 Å². The van der Waals surface area contributed by atoms with Crippen LogP contribution < -0.4 is 19.5 Å². The lowest BCUT2D eigenvalue weighted by molar-refractivity contribution is 0.0357. The van der Waals surface area contributed by atoms with Crippen LogP contribution in [0.2, 0.25) is 0 Å². The highest BCUT2D eigenvalue weighted by Crippen LogP contribution is 2.37. The number of anilines is 1. The molecule has 2 aliphatic heterocycles. The number of aromatic nitrogens is 2. The molecule has 1 saturated heterocycles. The molecule has 174 valence electrons. The molecule has 0 saturated carbocycles. The van der Waals surface area contributed by atoms with Crippen LogP contribution in [-0.4, -0.2) is 68.0 Å². The summed E-state index contributed by atoms with van der Waals surface area (Å²) >= 11 is 0. The van der Waals surface area contributed by atoms with Crippen molar-refractivity contribution in [1.29, 1.82) is 0 Å². The minimum atomic E-state index is 0.501. The largest absolute Gasteiger partial charge is 0.493 e.